The van der Waals surface area contributed by atoms with Crippen molar-refractivity contribution in [1.82, 2.24) is 4.40 Å². The van der Waals surface area contributed by atoms with Gasteiger partial charge >= 0.3 is 0 Å². The Balaban J connectivity index is 1.56. The number of hydrogen-bond acceptors (Lipinski definition) is 1. The van der Waals surface area contributed by atoms with Crippen LogP contribution < -0.4 is 0 Å². The summed E-state index contributed by atoms with van der Waals surface area (Å²) in [4.78, 5) is 0. The van der Waals surface area contributed by atoms with Gasteiger partial charge in [0.2, 0.25) is 0 Å². The Kier molecular flexibility index (Phi) is 4.94. The van der Waals surface area contributed by atoms with Gasteiger partial charge in [-0.05, 0) is 75.5 Å². The van der Waals surface area contributed by atoms with Crippen LogP contribution in [0.4, 0.5) is 0 Å². The third kappa shape index (κ3) is 3.29. The Morgan fingerprint density at radius 3 is 1.57 bits per heavy atom. The van der Waals surface area contributed by atoms with Gasteiger partial charge in [-0.15, -0.1) is 11.3 Å². The summed E-state index contributed by atoms with van der Waals surface area (Å²) < 4.78 is 5.20. The van der Waals surface area contributed by atoms with Crippen LogP contribution in [-0.4, -0.2) is 4.40 Å². The van der Waals surface area contributed by atoms with Crippen molar-refractivity contribution in [3.05, 3.63) is 152 Å². The normalized spacial score (nSPS) is 12.1. The molecule has 0 aliphatic carbocycles. The maximum atomic E-state index is 2.53. The summed E-state index contributed by atoms with van der Waals surface area (Å²) in [5, 5.41) is 10.4. The Morgan fingerprint density at radius 2 is 0.864 bits per heavy atom. The van der Waals surface area contributed by atoms with Crippen LogP contribution in [0.25, 0.3) is 91.3 Å². The van der Waals surface area contributed by atoms with Crippen LogP contribution in [-0.2, 0) is 0 Å². The summed E-state index contributed by atoms with van der Waals surface area (Å²) in [6.07, 6.45) is 0. The molecule has 10 rings (SSSR count). The van der Waals surface area contributed by atoms with Crippen molar-refractivity contribution in [2.24, 2.45) is 0 Å². The largest absolute Gasteiger partial charge is 0.308 e. The van der Waals surface area contributed by atoms with E-state index in [9.17, 15) is 0 Å². The van der Waals surface area contributed by atoms with Crippen molar-refractivity contribution in [2.75, 3.05) is 0 Å². The summed E-state index contributed by atoms with van der Waals surface area (Å²) in [5.74, 6) is 0. The van der Waals surface area contributed by atoms with Gasteiger partial charge in [0.05, 0.1) is 16.6 Å². The fourth-order valence-electron chi connectivity index (χ4n) is 7.42. The van der Waals surface area contributed by atoms with Gasteiger partial charge in [-0.25, -0.2) is 0 Å². The molecule has 0 radical (unpaired) electrons. The molecule has 0 spiro atoms. The van der Waals surface area contributed by atoms with Crippen molar-refractivity contribution >= 4 is 80.4 Å². The molecule has 0 aliphatic heterocycles. The number of hydrogen-bond donors (Lipinski definition) is 0. The van der Waals surface area contributed by atoms with E-state index >= 15 is 0 Å². The molecule has 0 bridgehead atoms. The lowest BCUT2D eigenvalue weighted by molar-refractivity contribution is 1.35. The van der Waals surface area contributed by atoms with E-state index in [1.165, 1.54) is 91.3 Å². The molecule has 0 aliphatic rings. The highest BCUT2D eigenvalue weighted by molar-refractivity contribution is 7.26. The van der Waals surface area contributed by atoms with Gasteiger partial charge in [-0.3, -0.25) is 0 Å². The molecule has 0 unspecified atom stereocenters. The van der Waals surface area contributed by atoms with E-state index in [1.54, 1.807) is 0 Å². The quantitative estimate of drug-likeness (QED) is 0.193. The van der Waals surface area contributed by atoms with Crippen molar-refractivity contribution in [1.29, 1.82) is 0 Å². The maximum absolute atomic E-state index is 2.53. The molecular formula is C42H25NS. The standard InChI is InChI=1S/C42H25NS/c1-3-11-26(12-4-1)28-21-22-37-33(23-28)35-25-29(27-13-5-2-6-14-27)24-34-32-17-10-20-39-41(32)40-31(16-9-19-38(40)44-39)30-15-7-8-18-36(30)43(37)42(34)35/h1-25H. The summed E-state index contributed by atoms with van der Waals surface area (Å²) in [6.45, 7) is 0. The van der Waals surface area contributed by atoms with E-state index in [0.29, 0.717) is 0 Å². The fourth-order valence-corrected chi connectivity index (χ4v) is 8.58. The molecule has 0 fully saturated rings. The van der Waals surface area contributed by atoms with E-state index in [-0.39, 0.29) is 0 Å². The van der Waals surface area contributed by atoms with E-state index in [4.69, 9.17) is 0 Å². The lowest BCUT2D eigenvalue weighted by Crippen LogP contribution is -1.87. The van der Waals surface area contributed by atoms with Crippen molar-refractivity contribution in [2.45, 2.75) is 0 Å². The Labute approximate surface area is 257 Å². The monoisotopic (exact) mass is 575 g/mol. The summed E-state index contributed by atoms with van der Waals surface area (Å²) in [5.41, 5.74) is 8.63. The number of rotatable bonds is 2. The molecule has 2 heteroatoms. The lowest BCUT2D eigenvalue weighted by Gasteiger charge is -2.08. The molecule has 7 aromatic carbocycles. The second kappa shape index (κ2) is 9.03. The van der Waals surface area contributed by atoms with Crippen LogP contribution in [0.3, 0.4) is 0 Å². The molecule has 10 aromatic rings. The predicted molar refractivity (Wildman–Crippen MR) is 191 cm³/mol. The molecule has 1 nitrogen and oxygen atoms in total. The fraction of sp³-hybridized carbons (Fsp3) is 0. The summed E-state index contributed by atoms with van der Waals surface area (Å²) in [7, 11) is 0. The van der Waals surface area contributed by atoms with E-state index in [0.717, 1.165) is 0 Å². The number of para-hydroxylation sites is 1. The third-order valence-electron chi connectivity index (χ3n) is 9.32. The lowest BCUT2D eigenvalue weighted by atomic mass is 9.96. The molecular weight excluding hydrogens is 551 g/mol. The average Bonchev–Trinajstić information content (AvgIpc) is 3.65. The number of nitrogens with zero attached hydrogens (tertiary/aromatic N) is 1. The molecule has 3 heterocycles. The van der Waals surface area contributed by atoms with E-state index in [1.807, 2.05) is 11.3 Å². The highest BCUT2D eigenvalue weighted by atomic mass is 32.1. The van der Waals surface area contributed by atoms with E-state index < -0.39 is 0 Å². The second-order valence-corrected chi connectivity index (χ2v) is 12.8. The van der Waals surface area contributed by atoms with Gasteiger partial charge in [-0.2, -0.15) is 0 Å². The minimum Gasteiger partial charge on any atom is -0.308 e. The van der Waals surface area contributed by atoms with Gasteiger partial charge in [-0.1, -0.05) is 109 Å². The molecule has 0 atom stereocenters. The first-order valence-electron chi connectivity index (χ1n) is 15.1. The van der Waals surface area contributed by atoms with Crippen LogP contribution in [0, 0.1) is 0 Å². The SMILES string of the molecule is c1ccc(-c2ccc3c(c2)c2cc(-c4ccccc4)cc4c5cccc6sc7cccc(c8ccccc8n3c42)c7c65)cc1. The van der Waals surface area contributed by atoms with Crippen LogP contribution >= 0.6 is 11.3 Å². The molecule has 3 aromatic heterocycles. The van der Waals surface area contributed by atoms with Crippen LogP contribution in [0.2, 0.25) is 0 Å². The van der Waals surface area contributed by atoms with Crippen molar-refractivity contribution in [3.63, 3.8) is 0 Å². The Morgan fingerprint density at radius 1 is 0.341 bits per heavy atom. The first-order valence-corrected chi connectivity index (χ1v) is 15.9. The van der Waals surface area contributed by atoms with Gasteiger partial charge < -0.3 is 4.40 Å². The topological polar surface area (TPSA) is 4.41 Å². The number of aromatic nitrogens is 1. The van der Waals surface area contributed by atoms with Crippen molar-refractivity contribution < 1.29 is 0 Å². The van der Waals surface area contributed by atoms with Crippen LogP contribution in [0.5, 0.6) is 0 Å². The predicted octanol–water partition coefficient (Wildman–Crippen LogP) is 12.3. The molecule has 0 saturated carbocycles. The zero-order valence-corrected chi connectivity index (χ0v) is 24.6. The number of thiophene rings is 1. The second-order valence-electron chi connectivity index (χ2n) is 11.7. The Bertz CT molecular complexity index is 2750. The first-order chi connectivity index (χ1) is 21.8. The van der Waals surface area contributed by atoms with Gasteiger partial charge in [0, 0.05) is 41.7 Å². The Hall–Kier alpha value is -5.44. The zero-order valence-electron chi connectivity index (χ0n) is 23.8. The molecule has 0 amide bonds. The van der Waals surface area contributed by atoms with E-state index in [2.05, 4.69) is 156 Å². The number of benzene rings is 7. The maximum Gasteiger partial charge on any atom is 0.0620 e. The molecule has 0 N–H and O–H groups in total. The van der Waals surface area contributed by atoms with Crippen LogP contribution in [0.1, 0.15) is 0 Å². The minimum atomic E-state index is 1.22. The summed E-state index contributed by atoms with van der Waals surface area (Å²) >= 11 is 1.90. The third-order valence-corrected chi connectivity index (χ3v) is 10.4. The summed E-state index contributed by atoms with van der Waals surface area (Å²) in [6, 6.07) is 56.1. The molecule has 204 valence electrons. The van der Waals surface area contributed by atoms with Crippen molar-refractivity contribution in [3.8, 4) is 22.3 Å². The average molecular weight is 576 g/mol. The molecule has 0 saturated heterocycles. The number of fused-ring (bicyclic) bond motifs is 7. The zero-order chi connectivity index (χ0) is 28.8. The van der Waals surface area contributed by atoms with Gasteiger partial charge in [0.25, 0.3) is 0 Å². The smallest absolute Gasteiger partial charge is 0.0620 e. The first kappa shape index (κ1) is 24.0. The van der Waals surface area contributed by atoms with Crippen LogP contribution in [0.15, 0.2) is 152 Å². The highest BCUT2D eigenvalue weighted by Crippen LogP contribution is 2.46. The van der Waals surface area contributed by atoms with Gasteiger partial charge in [0.15, 0.2) is 0 Å². The molecule has 44 heavy (non-hydrogen) atoms. The highest BCUT2D eigenvalue weighted by Gasteiger charge is 2.19. The van der Waals surface area contributed by atoms with Gasteiger partial charge in [0.1, 0.15) is 0 Å². The minimum absolute atomic E-state index is 1.22.